The largest absolute Gasteiger partial charge is 0.350 e. The molecular weight excluding hydrogens is 398 g/mol. The molecule has 1 aliphatic heterocycles. The van der Waals surface area contributed by atoms with Crippen LogP contribution in [0.4, 0.5) is 0 Å². The minimum atomic E-state index is -0.563. The Balaban J connectivity index is 1.66. The minimum Gasteiger partial charge on any atom is -0.350 e. The van der Waals surface area contributed by atoms with E-state index in [-0.39, 0.29) is 17.9 Å². The van der Waals surface area contributed by atoms with Gasteiger partial charge in [-0.2, -0.15) is 4.98 Å². The van der Waals surface area contributed by atoms with Crippen molar-refractivity contribution in [2.24, 2.45) is 0 Å². The first kappa shape index (κ1) is 20.8. The number of fused-ring (bicyclic) bond motifs is 1. The molecule has 0 aliphatic carbocycles. The highest BCUT2D eigenvalue weighted by atomic mass is 16.5. The van der Waals surface area contributed by atoms with E-state index in [1.54, 1.807) is 4.57 Å². The number of benzene rings is 1. The highest BCUT2D eigenvalue weighted by Gasteiger charge is 2.26. The van der Waals surface area contributed by atoms with Crippen molar-refractivity contribution in [2.45, 2.75) is 59.2 Å². The lowest BCUT2D eigenvalue weighted by atomic mass is 10.0. The van der Waals surface area contributed by atoms with Crippen molar-refractivity contribution in [1.29, 1.82) is 0 Å². The van der Waals surface area contributed by atoms with Crippen LogP contribution in [0.15, 0.2) is 38.4 Å². The van der Waals surface area contributed by atoms with Gasteiger partial charge in [-0.15, -0.1) is 0 Å². The first-order valence-corrected chi connectivity index (χ1v) is 10.5. The second-order valence-electron chi connectivity index (χ2n) is 7.73. The molecule has 3 heterocycles. The number of amides is 1. The summed E-state index contributed by atoms with van der Waals surface area (Å²) in [6.45, 7) is 4.31. The van der Waals surface area contributed by atoms with Crippen molar-refractivity contribution in [2.75, 3.05) is 0 Å². The van der Waals surface area contributed by atoms with Gasteiger partial charge in [-0.05, 0) is 31.7 Å². The average molecular weight is 423 g/mol. The molecule has 0 atom stereocenters. The van der Waals surface area contributed by atoms with Gasteiger partial charge in [0.25, 0.3) is 5.56 Å². The van der Waals surface area contributed by atoms with E-state index in [1.165, 1.54) is 0 Å². The third-order valence-electron chi connectivity index (χ3n) is 5.49. The molecule has 0 saturated heterocycles. The predicted molar refractivity (Wildman–Crippen MR) is 114 cm³/mol. The molecule has 1 aliphatic rings. The number of carbonyl (C=O) groups is 1. The van der Waals surface area contributed by atoms with Crippen LogP contribution in [0.5, 0.6) is 0 Å². The van der Waals surface area contributed by atoms with Crippen molar-refractivity contribution in [3.05, 3.63) is 67.8 Å². The molecule has 0 spiro atoms. The summed E-state index contributed by atoms with van der Waals surface area (Å²) >= 11 is 0. The van der Waals surface area contributed by atoms with Crippen LogP contribution < -0.4 is 16.6 Å². The fourth-order valence-corrected chi connectivity index (χ4v) is 3.76. The Morgan fingerprint density at radius 3 is 2.68 bits per heavy atom. The van der Waals surface area contributed by atoms with Gasteiger partial charge in [0.05, 0.1) is 0 Å². The lowest BCUT2D eigenvalue weighted by Crippen LogP contribution is -2.46. The van der Waals surface area contributed by atoms with E-state index in [0.29, 0.717) is 37.5 Å². The summed E-state index contributed by atoms with van der Waals surface area (Å²) in [6.07, 6.45) is 2.82. The Bertz CT molecular complexity index is 1220. The first-order chi connectivity index (χ1) is 15.0. The van der Waals surface area contributed by atoms with Crippen molar-refractivity contribution in [3.63, 3.8) is 0 Å². The highest BCUT2D eigenvalue weighted by molar-refractivity contribution is 5.75. The maximum Gasteiger partial charge on any atom is 0.331 e. The first-order valence-electron chi connectivity index (χ1n) is 10.5. The molecule has 0 fully saturated rings. The third-order valence-corrected chi connectivity index (χ3v) is 5.49. The van der Waals surface area contributed by atoms with Gasteiger partial charge in [-0.3, -0.25) is 18.7 Å². The van der Waals surface area contributed by atoms with Crippen LogP contribution in [-0.2, 0) is 37.3 Å². The molecule has 0 radical (unpaired) electrons. The summed E-state index contributed by atoms with van der Waals surface area (Å²) in [5, 5.41) is 6.72. The number of hydrogen-bond donors (Lipinski definition) is 1. The maximum atomic E-state index is 13.3. The molecule has 0 bridgehead atoms. The number of hydrogen-bond acceptors (Lipinski definition) is 6. The molecule has 1 aromatic carbocycles. The van der Waals surface area contributed by atoms with Crippen LogP contribution in [-0.4, -0.2) is 25.2 Å². The summed E-state index contributed by atoms with van der Waals surface area (Å²) in [5.74, 6) is 0.170. The van der Waals surface area contributed by atoms with Crippen molar-refractivity contribution in [3.8, 4) is 11.4 Å². The number of aromatic nitrogens is 4. The number of carbonyl (C=O) groups excluding carboxylic acids is 1. The molecule has 9 heteroatoms. The Labute approximate surface area is 178 Å². The summed E-state index contributed by atoms with van der Waals surface area (Å²) in [7, 11) is 0. The molecule has 3 aromatic rings. The standard InChI is InChI=1S/C22H25N5O4/c1-3-18-24-20(25-31-18)19-16-6-4-5-11-26(16)22(30)27(21(19)29)13-17(28)23-12-15-9-7-14(2)8-10-15/h7-10H,3-6,11-13H2,1-2H3,(H,23,28). The van der Waals surface area contributed by atoms with Crippen molar-refractivity contribution < 1.29 is 9.32 Å². The van der Waals surface area contributed by atoms with Crippen molar-refractivity contribution >= 4 is 5.91 Å². The van der Waals surface area contributed by atoms with Crippen LogP contribution >= 0.6 is 0 Å². The maximum absolute atomic E-state index is 13.3. The highest BCUT2D eigenvalue weighted by Crippen LogP contribution is 2.21. The second-order valence-corrected chi connectivity index (χ2v) is 7.73. The van der Waals surface area contributed by atoms with Crippen LogP contribution in [0.3, 0.4) is 0 Å². The van der Waals surface area contributed by atoms with Gasteiger partial charge < -0.3 is 9.84 Å². The topological polar surface area (TPSA) is 112 Å². The van der Waals surface area contributed by atoms with E-state index >= 15 is 0 Å². The zero-order valence-corrected chi connectivity index (χ0v) is 17.7. The van der Waals surface area contributed by atoms with Gasteiger partial charge in [-0.25, -0.2) is 4.79 Å². The summed E-state index contributed by atoms with van der Waals surface area (Å²) in [4.78, 5) is 43.1. The molecule has 0 unspecified atom stereocenters. The molecule has 31 heavy (non-hydrogen) atoms. The van der Waals surface area contributed by atoms with Crippen LogP contribution in [0, 0.1) is 6.92 Å². The number of aryl methyl sites for hydroxylation is 2. The smallest absolute Gasteiger partial charge is 0.331 e. The third kappa shape index (κ3) is 4.21. The summed E-state index contributed by atoms with van der Waals surface area (Å²) in [5.41, 5.74) is 1.88. The molecule has 0 saturated carbocycles. The van der Waals surface area contributed by atoms with E-state index in [4.69, 9.17) is 4.52 Å². The van der Waals surface area contributed by atoms with Gasteiger partial charge in [0.1, 0.15) is 12.1 Å². The SMILES string of the molecule is CCc1nc(-c2c3n(c(=O)n(CC(=O)NCc4ccc(C)cc4)c2=O)CCCC3)no1. The summed E-state index contributed by atoms with van der Waals surface area (Å²) < 4.78 is 7.72. The average Bonchev–Trinajstić information content (AvgIpc) is 3.25. The van der Waals surface area contributed by atoms with E-state index in [2.05, 4.69) is 15.5 Å². The van der Waals surface area contributed by atoms with E-state index in [9.17, 15) is 14.4 Å². The fraction of sp³-hybridized carbons (Fsp3) is 0.409. The van der Waals surface area contributed by atoms with E-state index in [0.717, 1.165) is 28.5 Å². The quantitative estimate of drug-likeness (QED) is 0.644. The van der Waals surface area contributed by atoms with Crippen LogP contribution in [0.25, 0.3) is 11.4 Å². The monoisotopic (exact) mass is 423 g/mol. The number of rotatable bonds is 6. The lowest BCUT2D eigenvalue weighted by Gasteiger charge is -2.21. The van der Waals surface area contributed by atoms with E-state index in [1.807, 2.05) is 38.1 Å². The van der Waals surface area contributed by atoms with Crippen LogP contribution in [0.1, 0.15) is 42.5 Å². The molecule has 4 rings (SSSR count). The van der Waals surface area contributed by atoms with Crippen LogP contribution in [0.2, 0.25) is 0 Å². The predicted octanol–water partition coefficient (Wildman–Crippen LogP) is 1.58. The Kier molecular flexibility index (Phi) is 5.83. The normalized spacial score (nSPS) is 13.1. The van der Waals surface area contributed by atoms with Gasteiger partial charge in [-0.1, -0.05) is 41.9 Å². The minimum absolute atomic E-state index is 0.168. The zero-order valence-electron chi connectivity index (χ0n) is 17.7. The Morgan fingerprint density at radius 1 is 1.19 bits per heavy atom. The van der Waals surface area contributed by atoms with E-state index < -0.39 is 17.2 Å². The van der Waals surface area contributed by atoms with Gasteiger partial charge in [0, 0.05) is 25.2 Å². The van der Waals surface area contributed by atoms with Crippen molar-refractivity contribution in [1.82, 2.24) is 24.6 Å². The number of nitrogens with zero attached hydrogens (tertiary/aromatic N) is 4. The Morgan fingerprint density at radius 2 is 1.97 bits per heavy atom. The molecule has 9 nitrogen and oxygen atoms in total. The van der Waals surface area contributed by atoms with Gasteiger partial charge in [0.15, 0.2) is 0 Å². The molecule has 162 valence electrons. The van der Waals surface area contributed by atoms with Gasteiger partial charge in [0.2, 0.25) is 17.6 Å². The molecular formula is C22H25N5O4. The molecule has 1 amide bonds. The summed E-state index contributed by atoms with van der Waals surface area (Å²) in [6, 6.07) is 7.78. The molecule has 1 N–H and O–H groups in total. The lowest BCUT2D eigenvalue weighted by molar-refractivity contribution is -0.121. The second kappa shape index (κ2) is 8.71. The van der Waals surface area contributed by atoms with Gasteiger partial charge >= 0.3 is 5.69 Å². The number of nitrogens with one attached hydrogen (secondary N) is 1. The molecule has 2 aromatic heterocycles. The zero-order chi connectivity index (χ0) is 22.0. The fourth-order valence-electron chi connectivity index (χ4n) is 3.76. The Hall–Kier alpha value is -3.49.